The number of carbonyl (C=O) groups is 2. The smallest absolute Gasteiger partial charge is 0.326 e. The Morgan fingerprint density at radius 2 is 2.05 bits per heavy atom. The number of hydrogen-bond donors (Lipinski definition) is 1. The van der Waals surface area contributed by atoms with E-state index in [1.807, 2.05) is 37.3 Å². The second kappa shape index (κ2) is 7.11. The fraction of sp³-hybridized carbons (Fsp3) is 0.500. The van der Waals surface area contributed by atoms with Crippen molar-refractivity contribution in [3.05, 3.63) is 30.3 Å². The van der Waals surface area contributed by atoms with Crippen molar-refractivity contribution in [3.63, 3.8) is 0 Å². The molecule has 1 heterocycles. The number of likely N-dealkylation sites (tertiary alicyclic amines) is 1. The molecule has 114 valence electrons. The van der Waals surface area contributed by atoms with Crippen LogP contribution < -0.4 is 4.74 Å². The number of ether oxygens (including phenoxy) is 1. The van der Waals surface area contributed by atoms with Gasteiger partial charge in [0.1, 0.15) is 11.8 Å². The van der Waals surface area contributed by atoms with Gasteiger partial charge in [0.15, 0.2) is 0 Å². The number of aliphatic carboxylic acids is 1. The van der Waals surface area contributed by atoms with Gasteiger partial charge in [-0.05, 0) is 30.9 Å². The number of rotatable bonds is 5. The van der Waals surface area contributed by atoms with Crippen LogP contribution in [0.3, 0.4) is 0 Å². The first-order valence-corrected chi connectivity index (χ1v) is 7.28. The number of carboxylic acid groups (broad SMARTS) is 1. The van der Waals surface area contributed by atoms with E-state index in [1.165, 1.54) is 4.90 Å². The summed E-state index contributed by atoms with van der Waals surface area (Å²) in [5, 5.41) is 9.25. The molecule has 0 aliphatic carbocycles. The van der Waals surface area contributed by atoms with Crippen LogP contribution in [0.15, 0.2) is 30.3 Å². The average Bonchev–Trinajstić information content (AvgIpc) is 2.48. The highest BCUT2D eigenvalue weighted by molar-refractivity contribution is 5.84. The zero-order valence-electron chi connectivity index (χ0n) is 12.2. The summed E-state index contributed by atoms with van der Waals surface area (Å²) >= 11 is 0. The first-order valence-electron chi connectivity index (χ1n) is 7.28. The number of carbonyl (C=O) groups excluding carboxylic acids is 1. The molecule has 0 aromatic heterocycles. The zero-order valence-corrected chi connectivity index (χ0v) is 12.2. The molecule has 0 spiro atoms. The summed E-state index contributed by atoms with van der Waals surface area (Å²) in [5.74, 6) is -0.00724. The van der Waals surface area contributed by atoms with Crippen LogP contribution in [0.5, 0.6) is 5.75 Å². The molecule has 1 fully saturated rings. The van der Waals surface area contributed by atoms with E-state index in [2.05, 4.69) is 0 Å². The van der Waals surface area contributed by atoms with Crippen LogP contribution in [0.2, 0.25) is 0 Å². The number of hydrogen-bond acceptors (Lipinski definition) is 3. The summed E-state index contributed by atoms with van der Waals surface area (Å²) in [4.78, 5) is 25.0. The van der Waals surface area contributed by atoms with E-state index >= 15 is 0 Å². The molecule has 2 atom stereocenters. The molecular weight excluding hydrogens is 270 g/mol. The fourth-order valence-electron chi connectivity index (χ4n) is 2.59. The van der Waals surface area contributed by atoms with Gasteiger partial charge in [0.2, 0.25) is 5.91 Å². The highest BCUT2D eigenvalue weighted by atomic mass is 16.5. The lowest BCUT2D eigenvalue weighted by Crippen LogP contribution is -2.50. The van der Waals surface area contributed by atoms with Crippen molar-refractivity contribution in [1.29, 1.82) is 0 Å². The number of carboxylic acids is 1. The molecule has 1 saturated heterocycles. The maximum atomic E-state index is 12.2. The molecule has 0 radical (unpaired) electrons. The first kappa shape index (κ1) is 15.4. The van der Waals surface area contributed by atoms with Gasteiger partial charge in [-0.15, -0.1) is 0 Å². The Hall–Kier alpha value is -2.04. The monoisotopic (exact) mass is 291 g/mol. The van der Waals surface area contributed by atoms with E-state index in [0.29, 0.717) is 24.6 Å². The summed E-state index contributed by atoms with van der Waals surface area (Å²) in [7, 11) is 0. The van der Waals surface area contributed by atoms with Gasteiger partial charge in [0.25, 0.3) is 0 Å². The largest absolute Gasteiger partial charge is 0.493 e. The molecular formula is C16H21NO4. The van der Waals surface area contributed by atoms with E-state index in [0.717, 1.165) is 6.42 Å². The predicted octanol–water partition coefficient (Wildman–Crippen LogP) is 2.17. The quantitative estimate of drug-likeness (QED) is 0.903. The molecule has 1 aromatic rings. The minimum absolute atomic E-state index is 0.148. The zero-order chi connectivity index (χ0) is 15.2. The second-order valence-electron chi connectivity index (χ2n) is 5.48. The number of amides is 1. The van der Waals surface area contributed by atoms with Gasteiger partial charge in [0.05, 0.1) is 13.0 Å². The summed E-state index contributed by atoms with van der Waals surface area (Å²) in [6.07, 6.45) is 1.59. The van der Waals surface area contributed by atoms with E-state index < -0.39 is 12.0 Å². The summed E-state index contributed by atoms with van der Waals surface area (Å²) in [5.41, 5.74) is 0. The summed E-state index contributed by atoms with van der Waals surface area (Å²) < 4.78 is 5.49. The van der Waals surface area contributed by atoms with Crippen molar-refractivity contribution >= 4 is 11.9 Å². The van der Waals surface area contributed by atoms with Crippen LogP contribution >= 0.6 is 0 Å². The minimum Gasteiger partial charge on any atom is -0.493 e. The van der Waals surface area contributed by atoms with Crippen LogP contribution in [0, 0.1) is 5.92 Å². The van der Waals surface area contributed by atoms with Gasteiger partial charge in [0, 0.05) is 6.54 Å². The number of benzene rings is 1. The Kier molecular flexibility index (Phi) is 5.20. The van der Waals surface area contributed by atoms with Gasteiger partial charge in [-0.3, -0.25) is 4.79 Å². The standard InChI is InChI=1S/C16H21NO4/c1-12-7-9-17(14(11-12)16(19)20)15(18)8-10-21-13-5-3-2-4-6-13/h2-6,12,14H,7-11H2,1H3,(H,19,20). The number of piperidine rings is 1. The third-order valence-electron chi connectivity index (χ3n) is 3.80. The third kappa shape index (κ3) is 4.21. The summed E-state index contributed by atoms with van der Waals surface area (Å²) in [6.45, 7) is 2.81. The predicted molar refractivity (Wildman–Crippen MR) is 78.1 cm³/mol. The SMILES string of the molecule is CC1CCN(C(=O)CCOc2ccccc2)C(C(=O)O)C1. The van der Waals surface area contributed by atoms with E-state index in [4.69, 9.17) is 4.74 Å². The van der Waals surface area contributed by atoms with Crippen molar-refractivity contribution in [2.45, 2.75) is 32.2 Å². The lowest BCUT2D eigenvalue weighted by Gasteiger charge is -2.36. The molecule has 21 heavy (non-hydrogen) atoms. The molecule has 1 aromatic carbocycles. The molecule has 2 unspecified atom stereocenters. The molecule has 0 bridgehead atoms. The normalized spacial score (nSPS) is 21.9. The average molecular weight is 291 g/mol. The van der Waals surface area contributed by atoms with Crippen molar-refractivity contribution in [2.75, 3.05) is 13.2 Å². The van der Waals surface area contributed by atoms with E-state index in [-0.39, 0.29) is 18.9 Å². The van der Waals surface area contributed by atoms with Crippen LogP contribution in [0.1, 0.15) is 26.2 Å². The van der Waals surface area contributed by atoms with Crippen molar-refractivity contribution in [3.8, 4) is 5.75 Å². The van der Waals surface area contributed by atoms with Crippen LogP contribution in [-0.4, -0.2) is 41.1 Å². The van der Waals surface area contributed by atoms with Gasteiger partial charge < -0.3 is 14.7 Å². The maximum Gasteiger partial charge on any atom is 0.326 e. The van der Waals surface area contributed by atoms with Crippen LogP contribution in [0.4, 0.5) is 0 Å². The molecule has 5 nitrogen and oxygen atoms in total. The Balaban J connectivity index is 1.85. The maximum absolute atomic E-state index is 12.2. The molecule has 1 amide bonds. The summed E-state index contributed by atoms with van der Waals surface area (Å²) in [6, 6.07) is 8.58. The molecule has 5 heteroatoms. The highest BCUT2D eigenvalue weighted by Gasteiger charge is 2.34. The van der Waals surface area contributed by atoms with Crippen molar-refractivity contribution < 1.29 is 19.4 Å². The van der Waals surface area contributed by atoms with Crippen LogP contribution in [0.25, 0.3) is 0 Å². The molecule has 2 rings (SSSR count). The Morgan fingerprint density at radius 3 is 2.71 bits per heavy atom. The van der Waals surface area contributed by atoms with Gasteiger partial charge in [-0.2, -0.15) is 0 Å². The van der Waals surface area contributed by atoms with Crippen LogP contribution in [-0.2, 0) is 9.59 Å². The molecule has 1 aliphatic heterocycles. The van der Waals surface area contributed by atoms with E-state index in [1.54, 1.807) is 0 Å². The lowest BCUT2D eigenvalue weighted by molar-refractivity contribution is -0.153. The lowest BCUT2D eigenvalue weighted by atomic mass is 9.92. The van der Waals surface area contributed by atoms with Crippen molar-refractivity contribution in [2.24, 2.45) is 5.92 Å². The number of nitrogens with zero attached hydrogens (tertiary/aromatic N) is 1. The minimum atomic E-state index is -0.918. The van der Waals surface area contributed by atoms with Gasteiger partial charge >= 0.3 is 5.97 Å². The van der Waals surface area contributed by atoms with Crippen molar-refractivity contribution in [1.82, 2.24) is 4.90 Å². The van der Waals surface area contributed by atoms with Gasteiger partial charge in [-0.25, -0.2) is 4.79 Å². The Labute approximate surface area is 124 Å². The topological polar surface area (TPSA) is 66.8 Å². The second-order valence-corrected chi connectivity index (χ2v) is 5.48. The van der Waals surface area contributed by atoms with Gasteiger partial charge in [-0.1, -0.05) is 25.1 Å². The first-order chi connectivity index (χ1) is 10.1. The number of para-hydroxylation sites is 1. The highest BCUT2D eigenvalue weighted by Crippen LogP contribution is 2.23. The molecule has 1 aliphatic rings. The van der Waals surface area contributed by atoms with E-state index in [9.17, 15) is 14.7 Å². The Morgan fingerprint density at radius 1 is 1.33 bits per heavy atom. The molecule has 1 N–H and O–H groups in total. The Bertz CT molecular complexity index is 488. The molecule has 0 saturated carbocycles. The third-order valence-corrected chi connectivity index (χ3v) is 3.80. The fourth-order valence-corrected chi connectivity index (χ4v) is 2.59.